The molecule has 0 fully saturated rings. The highest BCUT2D eigenvalue weighted by Gasteiger charge is 2.19. The summed E-state index contributed by atoms with van der Waals surface area (Å²) in [6, 6.07) is 9.50. The van der Waals surface area contributed by atoms with E-state index in [0.29, 0.717) is 10.3 Å². The van der Waals surface area contributed by atoms with Gasteiger partial charge in [-0.3, -0.25) is 0 Å². The minimum atomic E-state index is -0.849. The maximum Gasteiger partial charge on any atom is 0.159 e. The fourth-order valence-electron chi connectivity index (χ4n) is 3.37. The molecule has 106 valence electrons. The van der Waals surface area contributed by atoms with Gasteiger partial charge in [0.15, 0.2) is 11.6 Å². The van der Waals surface area contributed by atoms with Crippen molar-refractivity contribution in [3.63, 3.8) is 0 Å². The van der Waals surface area contributed by atoms with Crippen LogP contribution in [0, 0.1) is 17.5 Å². The molecule has 0 spiro atoms. The number of rotatable bonds is 0. The maximum atomic E-state index is 13.6. The highest BCUT2D eigenvalue weighted by atomic mass is 32.1. The summed E-state index contributed by atoms with van der Waals surface area (Å²) in [4.78, 5) is 0.306. The molecule has 0 saturated carbocycles. The average molecular weight is 312 g/mol. The Morgan fingerprint density at radius 1 is 0.455 bits per heavy atom. The summed E-state index contributed by atoms with van der Waals surface area (Å²) in [5.41, 5.74) is 0. The predicted octanol–water partition coefficient (Wildman–Crippen LogP) is 5.88. The molecule has 0 unspecified atom stereocenters. The van der Waals surface area contributed by atoms with Crippen LogP contribution in [-0.4, -0.2) is 0 Å². The fourth-order valence-corrected chi connectivity index (χ4v) is 3.56. The molecular formula is C18H7F3S. The standard InChI is InChI=1S/C18H7F3S/c19-15-3-11-7-1-9-10(2-8(7)12(11)4-16(15)20)14-6-18(22)17(21)5-13(9)14/h1-6,22H. The minimum absolute atomic E-state index is 0.306. The first kappa shape index (κ1) is 12.4. The van der Waals surface area contributed by atoms with Gasteiger partial charge in [0.1, 0.15) is 5.82 Å². The van der Waals surface area contributed by atoms with Gasteiger partial charge in [-0.15, -0.1) is 12.6 Å². The summed E-state index contributed by atoms with van der Waals surface area (Å²) < 4.78 is 40.4. The molecule has 5 rings (SSSR count). The molecule has 0 aliphatic carbocycles. The summed E-state index contributed by atoms with van der Waals surface area (Å²) in [6.07, 6.45) is 0. The summed E-state index contributed by atoms with van der Waals surface area (Å²) >= 11 is 4.10. The quantitative estimate of drug-likeness (QED) is 0.339. The zero-order chi connectivity index (χ0) is 15.2. The molecule has 5 aromatic rings. The Morgan fingerprint density at radius 2 is 0.773 bits per heavy atom. The second-order valence-corrected chi connectivity index (χ2v) is 6.09. The number of hydrogen-bond acceptors (Lipinski definition) is 1. The number of benzene rings is 3. The van der Waals surface area contributed by atoms with E-state index in [0.717, 1.165) is 37.7 Å². The highest BCUT2D eigenvalue weighted by molar-refractivity contribution is 7.80. The number of hydrogen-bond donors (Lipinski definition) is 1. The van der Waals surface area contributed by atoms with Crippen molar-refractivity contribution in [3.05, 3.63) is 53.8 Å². The van der Waals surface area contributed by atoms with Crippen LogP contribution in [0.25, 0.3) is 43.1 Å². The predicted molar refractivity (Wildman–Crippen MR) is 86.0 cm³/mol. The van der Waals surface area contributed by atoms with Gasteiger partial charge in [-0.2, -0.15) is 0 Å². The van der Waals surface area contributed by atoms with Crippen molar-refractivity contribution in [2.24, 2.45) is 0 Å². The van der Waals surface area contributed by atoms with Gasteiger partial charge in [0.25, 0.3) is 0 Å². The molecule has 0 aromatic heterocycles. The Morgan fingerprint density at radius 3 is 1.23 bits per heavy atom. The third kappa shape index (κ3) is 1.32. The van der Waals surface area contributed by atoms with E-state index in [1.807, 2.05) is 12.1 Å². The van der Waals surface area contributed by atoms with Crippen molar-refractivity contribution in [1.82, 2.24) is 0 Å². The van der Waals surface area contributed by atoms with Crippen molar-refractivity contribution in [2.45, 2.75) is 4.90 Å². The molecular weight excluding hydrogens is 305 g/mol. The van der Waals surface area contributed by atoms with Gasteiger partial charge in [-0.05, 0) is 79.5 Å². The number of fused-ring (bicyclic) bond motifs is 8. The van der Waals surface area contributed by atoms with Gasteiger partial charge in [-0.1, -0.05) is 0 Å². The van der Waals surface area contributed by atoms with Crippen molar-refractivity contribution in [1.29, 1.82) is 0 Å². The van der Waals surface area contributed by atoms with Crippen LogP contribution in [0.15, 0.2) is 41.3 Å². The molecule has 22 heavy (non-hydrogen) atoms. The van der Waals surface area contributed by atoms with E-state index < -0.39 is 11.6 Å². The zero-order valence-corrected chi connectivity index (χ0v) is 11.9. The van der Waals surface area contributed by atoms with Gasteiger partial charge in [0.05, 0.1) is 0 Å². The second kappa shape index (κ2) is 3.76. The molecule has 4 heteroatoms. The van der Waals surface area contributed by atoms with Crippen molar-refractivity contribution < 1.29 is 13.2 Å². The Bertz CT molecular complexity index is 1020. The lowest BCUT2D eigenvalue weighted by Crippen LogP contribution is -1.93. The number of thiol groups is 1. The van der Waals surface area contributed by atoms with Gasteiger partial charge < -0.3 is 0 Å². The fraction of sp³-hybridized carbons (Fsp3) is 0. The molecule has 0 heterocycles. The molecule has 5 aromatic carbocycles. The van der Waals surface area contributed by atoms with E-state index >= 15 is 0 Å². The van der Waals surface area contributed by atoms with Crippen LogP contribution < -0.4 is 0 Å². The van der Waals surface area contributed by atoms with E-state index in [1.54, 1.807) is 6.07 Å². The van der Waals surface area contributed by atoms with Crippen molar-refractivity contribution in [2.75, 3.05) is 0 Å². The Labute approximate surface area is 128 Å². The van der Waals surface area contributed by atoms with Crippen LogP contribution >= 0.6 is 12.6 Å². The van der Waals surface area contributed by atoms with Gasteiger partial charge >= 0.3 is 0 Å². The third-order valence-corrected chi connectivity index (χ3v) is 4.81. The van der Waals surface area contributed by atoms with Crippen molar-refractivity contribution >= 4 is 55.7 Å². The summed E-state index contributed by atoms with van der Waals surface area (Å²) in [5, 5.41) is 6.94. The van der Waals surface area contributed by atoms with Gasteiger partial charge in [-0.25, -0.2) is 13.2 Å². The highest BCUT2D eigenvalue weighted by Crippen LogP contribution is 2.44. The SMILES string of the molecule is Fc1cc2c(cc1F)c1cc3c4cc(S)c(F)cc4c3cc21. The molecule has 0 saturated heterocycles. The monoisotopic (exact) mass is 312 g/mol. The first-order valence-electron chi connectivity index (χ1n) is 6.75. The smallest absolute Gasteiger partial charge is 0.159 e. The normalized spacial score (nSPS) is 12.5. The molecule has 0 aliphatic rings. The lowest BCUT2D eigenvalue weighted by Gasteiger charge is -2.18. The third-order valence-electron chi connectivity index (χ3n) is 4.47. The molecule has 0 nitrogen and oxygen atoms in total. The first-order chi connectivity index (χ1) is 10.5. The maximum absolute atomic E-state index is 13.6. The summed E-state index contributed by atoms with van der Waals surface area (Å²) in [5.74, 6) is -2.05. The Hall–Kier alpha value is -2.20. The molecule has 0 aliphatic heterocycles. The Kier molecular flexibility index (Phi) is 2.11. The van der Waals surface area contributed by atoms with Crippen LogP contribution in [-0.2, 0) is 0 Å². The molecule has 0 amide bonds. The largest absolute Gasteiger partial charge is 0.206 e. The van der Waals surface area contributed by atoms with E-state index in [9.17, 15) is 13.2 Å². The van der Waals surface area contributed by atoms with Crippen LogP contribution in [0.4, 0.5) is 13.2 Å². The van der Waals surface area contributed by atoms with E-state index in [1.165, 1.54) is 18.2 Å². The van der Waals surface area contributed by atoms with Crippen LogP contribution in [0.1, 0.15) is 0 Å². The van der Waals surface area contributed by atoms with Crippen LogP contribution in [0.2, 0.25) is 0 Å². The minimum Gasteiger partial charge on any atom is -0.206 e. The topological polar surface area (TPSA) is 0 Å². The van der Waals surface area contributed by atoms with E-state index in [-0.39, 0.29) is 5.82 Å². The van der Waals surface area contributed by atoms with Gasteiger partial charge in [0, 0.05) is 4.90 Å². The molecule has 0 radical (unpaired) electrons. The lowest BCUT2D eigenvalue weighted by atomic mass is 9.86. The summed E-state index contributed by atoms with van der Waals surface area (Å²) in [6.45, 7) is 0. The summed E-state index contributed by atoms with van der Waals surface area (Å²) in [7, 11) is 0. The first-order valence-corrected chi connectivity index (χ1v) is 7.20. The zero-order valence-electron chi connectivity index (χ0n) is 11.0. The lowest BCUT2D eigenvalue weighted by molar-refractivity contribution is 0.511. The van der Waals surface area contributed by atoms with E-state index in [4.69, 9.17) is 0 Å². The molecule has 0 atom stereocenters. The van der Waals surface area contributed by atoms with Crippen LogP contribution in [0.3, 0.4) is 0 Å². The van der Waals surface area contributed by atoms with Gasteiger partial charge in [0.2, 0.25) is 0 Å². The average Bonchev–Trinajstić information content (AvgIpc) is 2.50. The molecule has 0 bridgehead atoms. The van der Waals surface area contributed by atoms with E-state index in [2.05, 4.69) is 12.6 Å². The Balaban J connectivity index is 1.92. The van der Waals surface area contributed by atoms with Crippen molar-refractivity contribution in [3.8, 4) is 0 Å². The molecule has 0 N–H and O–H groups in total. The second-order valence-electron chi connectivity index (χ2n) is 5.60. The number of halogens is 3. The van der Waals surface area contributed by atoms with Crippen LogP contribution in [0.5, 0.6) is 0 Å².